The van der Waals surface area contributed by atoms with Crippen molar-refractivity contribution >= 4 is 11.8 Å². The fourth-order valence-electron chi connectivity index (χ4n) is 2.62. The Hall–Kier alpha value is -2.27. The average molecular weight is 368 g/mol. The monoisotopic (exact) mass is 367 g/mol. The van der Waals surface area contributed by atoms with Crippen LogP contribution in [0.3, 0.4) is 0 Å². The van der Waals surface area contributed by atoms with E-state index in [1.165, 1.54) is 24.8 Å². The molecule has 1 heterocycles. The van der Waals surface area contributed by atoms with Gasteiger partial charge in [0.15, 0.2) is 11.0 Å². The number of benzene rings is 2. The fourth-order valence-corrected chi connectivity index (χ4v) is 3.59. The van der Waals surface area contributed by atoms with Gasteiger partial charge in [-0.2, -0.15) is 0 Å². The zero-order valence-electron chi connectivity index (χ0n) is 15.4. The number of ether oxygens (including phenoxy) is 1. The summed E-state index contributed by atoms with van der Waals surface area (Å²) in [7, 11) is 0. The van der Waals surface area contributed by atoms with Gasteiger partial charge < -0.3 is 4.74 Å². The number of nitrogens with zero attached hydrogens (tertiary/aromatic N) is 3. The number of hydrogen-bond donors (Lipinski definition) is 0. The minimum atomic E-state index is 0.389. The highest BCUT2D eigenvalue weighted by molar-refractivity contribution is 7.99. The van der Waals surface area contributed by atoms with Crippen LogP contribution in [0, 0.1) is 6.92 Å². The number of thioether (sulfide) groups is 1. The summed E-state index contributed by atoms with van der Waals surface area (Å²) in [6.07, 6.45) is 3.66. The van der Waals surface area contributed by atoms with Gasteiger partial charge in [-0.05, 0) is 37.6 Å². The molecular formula is C21H25N3OS. The van der Waals surface area contributed by atoms with Crippen molar-refractivity contribution in [1.29, 1.82) is 0 Å². The summed E-state index contributed by atoms with van der Waals surface area (Å²) >= 11 is 1.76. The Kier molecular flexibility index (Phi) is 6.72. The lowest BCUT2D eigenvalue weighted by atomic mass is 10.2. The molecule has 4 nitrogen and oxygen atoms in total. The maximum Gasteiger partial charge on any atom is 0.195 e. The highest BCUT2D eigenvalue weighted by Crippen LogP contribution is 2.24. The number of unbranched alkanes of at least 4 members (excludes halogenated alkanes) is 2. The standard InChI is InChI=1S/C21H25N3OS/c1-3-4-8-15-26-21-23-22-20(24(21)18-9-6-5-7-10-18)16-25-19-13-11-17(2)12-14-19/h5-7,9-14H,3-4,8,15-16H2,1-2H3. The van der Waals surface area contributed by atoms with E-state index in [-0.39, 0.29) is 0 Å². The first-order chi connectivity index (χ1) is 12.8. The molecule has 0 aliphatic heterocycles. The minimum Gasteiger partial charge on any atom is -0.486 e. The number of para-hydroxylation sites is 1. The predicted molar refractivity (Wildman–Crippen MR) is 107 cm³/mol. The molecule has 2 aromatic carbocycles. The van der Waals surface area contributed by atoms with Gasteiger partial charge in [-0.1, -0.05) is 67.4 Å². The van der Waals surface area contributed by atoms with Gasteiger partial charge in [0.1, 0.15) is 12.4 Å². The van der Waals surface area contributed by atoms with Gasteiger partial charge in [0.05, 0.1) is 0 Å². The molecular weight excluding hydrogens is 342 g/mol. The molecule has 136 valence electrons. The highest BCUT2D eigenvalue weighted by atomic mass is 32.2. The molecule has 0 atom stereocenters. The SMILES string of the molecule is CCCCCSc1nnc(COc2ccc(C)cc2)n1-c1ccccc1. The summed E-state index contributed by atoms with van der Waals surface area (Å²) in [4.78, 5) is 0. The zero-order chi connectivity index (χ0) is 18.2. The lowest BCUT2D eigenvalue weighted by Gasteiger charge is -2.11. The summed E-state index contributed by atoms with van der Waals surface area (Å²) in [6.45, 7) is 4.68. The van der Waals surface area contributed by atoms with Crippen LogP contribution in [0.5, 0.6) is 5.75 Å². The van der Waals surface area contributed by atoms with Crippen molar-refractivity contribution in [1.82, 2.24) is 14.8 Å². The highest BCUT2D eigenvalue weighted by Gasteiger charge is 2.14. The first-order valence-electron chi connectivity index (χ1n) is 9.10. The van der Waals surface area contributed by atoms with Crippen LogP contribution in [-0.4, -0.2) is 20.5 Å². The van der Waals surface area contributed by atoms with Crippen LogP contribution in [0.15, 0.2) is 59.8 Å². The van der Waals surface area contributed by atoms with Gasteiger partial charge in [0.2, 0.25) is 0 Å². The third-order valence-corrected chi connectivity index (χ3v) is 5.10. The van der Waals surface area contributed by atoms with Crippen molar-refractivity contribution in [3.63, 3.8) is 0 Å². The van der Waals surface area contributed by atoms with Crippen LogP contribution in [-0.2, 0) is 6.61 Å². The predicted octanol–water partition coefficient (Wildman–Crippen LogP) is 5.44. The number of aryl methyl sites for hydroxylation is 1. The first kappa shape index (κ1) is 18.5. The molecule has 0 N–H and O–H groups in total. The summed E-state index contributed by atoms with van der Waals surface area (Å²) in [5.74, 6) is 2.71. The van der Waals surface area contributed by atoms with Crippen LogP contribution in [0.25, 0.3) is 5.69 Å². The molecule has 0 amide bonds. The Labute approximate surface area is 159 Å². The third-order valence-electron chi connectivity index (χ3n) is 4.08. The van der Waals surface area contributed by atoms with Crippen LogP contribution in [0.4, 0.5) is 0 Å². The van der Waals surface area contributed by atoms with Crippen molar-refractivity contribution < 1.29 is 4.74 Å². The molecule has 0 radical (unpaired) electrons. The molecule has 0 aliphatic rings. The summed E-state index contributed by atoms with van der Waals surface area (Å²) in [6, 6.07) is 18.3. The van der Waals surface area contributed by atoms with E-state index in [2.05, 4.69) is 40.7 Å². The van der Waals surface area contributed by atoms with Gasteiger partial charge >= 0.3 is 0 Å². The second kappa shape index (κ2) is 9.43. The van der Waals surface area contributed by atoms with E-state index < -0.39 is 0 Å². The zero-order valence-corrected chi connectivity index (χ0v) is 16.2. The minimum absolute atomic E-state index is 0.389. The number of aromatic nitrogens is 3. The van der Waals surface area contributed by atoms with E-state index in [9.17, 15) is 0 Å². The molecule has 26 heavy (non-hydrogen) atoms. The second-order valence-corrected chi connectivity index (χ2v) is 7.29. The van der Waals surface area contributed by atoms with Gasteiger partial charge in [0, 0.05) is 11.4 Å². The Morgan fingerprint density at radius 3 is 2.46 bits per heavy atom. The summed E-state index contributed by atoms with van der Waals surface area (Å²) < 4.78 is 8.03. The van der Waals surface area contributed by atoms with E-state index in [1.807, 2.05) is 42.5 Å². The van der Waals surface area contributed by atoms with Gasteiger partial charge in [0.25, 0.3) is 0 Å². The topological polar surface area (TPSA) is 39.9 Å². The quantitative estimate of drug-likeness (QED) is 0.373. The van der Waals surface area contributed by atoms with E-state index in [0.717, 1.165) is 28.2 Å². The molecule has 1 aromatic heterocycles. The van der Waals surface area contributed by atoms with Crippen molar-refractivity contribution in [2.45, 2.75) is 44.9 Å². The maximum atomic E-state index is 5.93. The molecule has 3 rings (SSSR count). The smallest absolute Gasteiger partial charge is 0.195 e. The Bertz CT molecular complexity index is 800. The molecule has 0 unspecified atom stereocenters. The van der Waals surface area contributed by atoms with Crippen molar-refractivity contribution in [2.75, 3.05) is 5.75 Å². The molecule has 3 aromatic rings. The lowest BCUT2D eigenvalue weighted by Crippen LogP contribution is -2.06. The molecule has 0 spiro atoms. The summed E-state index contributed by atoms with van der Waals surface area (Å²) in [5, 5.41) is 9.73. The summed E-state index contributed by atoms with van der Waals surface area (Å²) in [5.41, 5.74) is 2.29. The molecule has 0 saturated heterocycles. The van der Waals surface area contributed by atoms with E-state index in [0.29, 0.717) is 6.61 Å². The van der Waals surface area contributed by atoms with E-state index in [4.69, 9.17) is 4.74 Å². The van der Waals surface area contributed by atoms with E-state index >= 15 is 0 Å². The Morgan fingerprint density at radius 1 is 0.962 bits per heavy atom. The first-order valence-corrected chi connectivity index (χ1v) is 10.1. The van der Waals surface area contributed by atoms with Crippen LogP contribution >= 0.6 is 11.8 Å². The van der Waals surface area contributed by atoms with Crippen molar-refractivity contribution in [3.05, 3.63) is 66.0 Å². The second-order valence-electron chi connectivity index (χ2n) is 6.23. The third kappa shape index (κ3) is 4.88. The molecule has 0 aliphatic carbocycles. The molecule has 5 heteroatoms. The Morgan fingerprint density at radius 2 is 1.73 bits per heavy atom. The maximum absolute atomic E-state index is 5.93. The normalized spacial score (nSPS) is 10.8. The molecule has 0 fully saturated rings. The molecule has 0 saturated carbocycles. The lowest BCUT2D eigenvalue weighted by molar-refractivity contribution is 0.293. The fraction of sp³-hybridized carbons (Fsp3) is 0.333. The van der Waals surface area contributed by atoms with Gasteiger partial charge in [-0.3, -0.25) is 4.57 Å². The van der Waals surface area contributed by atoms with Gasteiger partial charge in [-0.15, -0.1) is 10.2 Å². The van der Waals surface area contributed by atoms with Crippen LogP contribution < -0.4 is 4.74 Å². The van der Waals surface area contributed by atoms with Crippen molar-refractivity contribution in [3.8, 4) is 11.4 Å². The largest absolute Gasteiger partial charge is 0.486 e. The molecule has 0 bridgehead atoms. The number of hydrogen-bond acceptors (Lipinski definition) is 4. The average Bonchev–Trinajstić information content (AvgIpc) is 3.08. The van der Waals surface area contributed by atoms with Gasteiger partial charge in [-0.25, -0.2) is 0 Å². The van der Waals surface area contributed by atoms with E-state index in [1.54, 1.807) is 11.8 Å². The Balaban J connectivity index is 1.77. The van der Waals surface area contributed by atoms with Crippen molar-refractivity contribution in [2.24, 2.45) is 0 Å². The van der Waals surface area contributed by atoms with Crippen LogP contribution in [0.2, 0.25) is 0 Å². The van der Waals surface area contributed by atoms with Crippen LogP contribution in [0.1, 0.15) is 37.6 Å². The number of rotatable bonds is 9.